The van der Waals surface area contributed by atoms with Crippen molar-refractivity contribution in [1.29, 1.82) is 0 Å². The predicted molar refractivity (Wildman–Crippen MR) is 89.8 cm³/mol. The van der Waals surface area contributed by atoms with E-state index in [2.05, 4.69) is 52.0 Å². The Balaban J connectivity index is 2.36. The fraction of sp³-hybridized carbons (Fsp3) is 0.357. The van der Waals surface area contributed by atoms with Gasteiger partial charge in [0.15, 0.2) is 5.82 Å². The highest BCUT2D eigenvalue weighted by molar-refractivity contribution is 9.10. The summed E-state index contributed by atoms with van der Waals surface area (Å²) in [5, 5.41) is 11.5. The third-order valence-corrected chi connectivity index (χ3v) is 3.70. The molecule has 112 valence electrons. The fourth-order valence-corrected chi connectivity index (χ4v) is 2.51. The van der Waals surface area contributed by atoms with Crippen LogP contribution in [0.3, 0.4) is 0 Å². The minimum absolute atomic E-state index is 0.147. The van der Waals surface area contributed by atoms with Crippen molar-refractivity contribution in [3.8, 4) is 5.75 Å². The molecule has 0 bridgehead atoms. The Morgan fingerprint density at radius 1 is 1.43 bits per heavy atom. The van der Waals surface area contributed by atoms with Gasteiger partial charge in [0.2, 0.25) is 4.77 Å². The molecule has 0 radical (unpaired) electrons. The number of rotatable bonds is 3. The van der Waals surface area contributed by atoms with Gasteiger partial charge in [-0.25, -0.2) is 0 Å². The average molecular weight is 369 g/mol. The Kier molecular flexibility index (Phi) is 4.63. The van der Waals surface area contributed by atoms with Gasteiger partial charge in [-0.15, -0.1) is 0 Å². The number of halogens is 1. The quantitative estimate of drug-likeness (QED) is 0.660. The standard InChI is InChI=1S/C14H17BrN4OS/c1-14(2,3)12-17-18-13(21)19(12)16-8-9-5-6-11(20-4)10(15)7-9/h5-8H,1-4H3,(H,18,21)/b16-8-. The molecule has 2 rings (SSSR count). The van der Waals surface area contributed by atoms with Crippen LogP contribution in [0, 0.1) is 4.77 Å². The van der Waals surface area contributed by atoms with Crippen LogP contribution in [0.2, 0.25) is 0 Å². The van der Waals surface area contributed by atoms with Gasteiger partial charge in [-0.2, -0.15) is 14.9 Å². The van der Waals surface area contributed by atoms with E-state index < -0.39 is 0 Å². The van der Waals surface area contributed by atoms with Crippen molar-refractivity contribution in [3.63, 3.8) is 0 Å². The Morgan fingerprint density at radius 3 is 2.71 bits per heavy atom. The smallest absolute Gasteiger partial charge is 0.216 e. The molecule has 0 spiro atoms. The predicted octanol–water partition coefficient (Wildman–Crippen LogP) is 3.89. The zero-order valence-corrected chi connectivity index (χ0v) is 14.7. The van der Waals surface area contributed by atoms with E-state index in [1.807, 2.05) is 18.2 Å². The fourth-order valence-electron chi connectivity index (χ4n) is 1.77. The van der Waals surface area contributed by atoms with Crippen molar-refractivity contribution >= 4 is 34.4 Å². The van der Waals surface area contributed by atoms with E-state index >= 15 is 0 Å². The van der Waals surface area contributed by atoms with Crippen LogP contribution in [0.25, 0.3) is 0 Å². The van der Waals surface area contributed by atoms with Crippen LogP contribution < -0.4 is 4.74 Å². The number of aromatic nitrogens is 3. The molecule has 0 saturated heterocycles. The first-order chi connectivity index (χ1) is 9.82. The Bertz CT molecular complexity index is 727. The van der Waals surface area contributed by atoms with E-state index in [1.165, 1.54) is 0 Å². The molecule has 0 amide bonds. The molecule has 2 aromatic rings. The van der Waals surface area contributed by atoms with Crippen molar-refractivity contribution in [1.82, 2.24) is 14.9 Å². The highest BCUT2D eigenvalue weighted by atomic mass is 79.9. The highest BCUT2D eigenvalue weighted by Gasteiger charge is 2.21. The van der Waals surface area contributed by atoms with Crippen LogP contribution in [0.1, 0.15) is 32.2 Å². The monoisotopic (exact) mass is 368 g/mol. The lowest BCUT2D eigenvalue weighted by Crippen LogP contribution is -2.17. The largest absolute Gasteiger partial charge is 0.496 e. The molecule has 0 aliphatic carbocycles. The maximum atomic E-state index is 5.22. The molecular formula is C14H17BrN4OS. The van der Waals surface area contributed by atoms with Crippen LogP contribution >= 0.6 is 28.1 Å². The van der Waals surface area contributed by atoms with Crippen molar-refractivity contribution in [2.24, 2.45) is 5.10 Å². The Morgan fingerprint density at radius 2 is 2.14 bits per heavy atom. The van der Waals surface area contributed by atoms with Gasteiger partial charge in [0.25, 0.3) is 0 Å². The molecule has 1 aromatic carbocycles. The number of aromatic amines is 1. The molecule has 1 N–H and O–H groups in total. The molecule has 21 heavy (non-hydrogen) atoms. The molecule has 0 saturated carbocycles. The van der Waals surface area contributed by atoms with Gasteiger partial charge in [0.05, 0.1) is 17.8 Å². The SMILES string of the molecule is COc1ccc(/C=N\n2c(C(C)(C)C)n[nH]c2=S)cc1Br. The van der Waals surface area contributed by atoms with Gasteiger partial charge >= 0.3 is 0 Å². The lowest BCUT2D eigenvalue weighted by molar-refractivity contribution is 0.412. The summed E-state index contributed by atoms with van der Waals surface area (Å²) in [6.45, 7) is 6.19. The topological polar surface area (TPSA) is 55.2 Å². The molecule has 0 aliphatic rings. The summed E-state index contributed by atoms with van der Waals surface area (Å²) in [5.74, 6) is 1.57. The molecule has 1 aromatic heterocycles. The van der Waals surface area contributed by atoms with Gasteiger partial charge in [-0.3, -0.25) is 5.10 Å². The van der Waals surface area contributed by atoms with Gasteiger partial charge < -0.3 is 4.74 Å². The third kappa shape index (κ3) is 3.59. The average Bonchev–Trinajstić information content (AvgIpc) is 2.77. The van der Waals surface area contributed by atoms with Gasteiger partial charge in [0, 0.05) is 5.41 Å². The maximum absolute atomic E-state index is 5.22. The second kappa shape index (κ2) is 6.11. The molecule has 0 fully saturated rings. The summed E-state index contributed by atoms with van der Waals surface area (Å²) in [6, 6.07) is 5.74. The number of methoxy groups -OCH3 is 1. The van der Waals surface area contributed by atoms with Crippen LogP contribution in [-0.4, -0.2) is 28.2 Å². The molecule has 0 unspecified atom stereocenters. The number of H-pyrrole nitrogens is 1. The lowest BCUT2D eigenvalue weighted by atomic mass is 9.96. The van der Waals surface area contributed by atoms with Gasteiger partial charge in [-0.05, 0) is 51.9 Å². The van der Waals surface area contributed by atoms with Crippen molar-refractivity contribution < 1.29 is 4.74 Å². The molecular weight excluding hydrogens is 352 g/mol. The molecule has 0 aliphatic heterocycles. The normalized spacial score (nSPS) is 12.0. The van der Waals surface area contributed by atoms with E-state index in [4.69, 9.17) is 17.0 Å². The van der Waals surface area contributed by atoms with E-state index in [9.17, 15) is 0 Å². The summed E-state index contributed by atoms with van der Waals surface area (Å²) in [5.41, 5.74) is 0.788. The first-order valence-electron chi connectivity index (χ1n) is 6.38. The zero-order chi connectivity index (χ0) is 15.6. The minimum atomic E-state index is -0.147. The summed E-state index contributed by atoms with van der Waals surface area (Å²) in [6.07, 6.45) is 1.74. The van der Waals surface area contributed by atoms with E-state index in [0.29, 0.717) is 4.77 Å². The Hall–Kier alpha value is -1.47. The summed E-state index contributed by atoms with van der Waals surface area (Å²) in [7, 11) is 1.63. The van der Waals surface area contributed by atoms with Crippen molar-refractivity contribution in [2.45, 2.75) is 26.2 Å². The lowest BCUT2D eigenvalue weighted by Gasteiger charge is -2.15. The number of hydrogen-bond donors (Lipinski definition) is 1. The maximum Gasteiger partial charge on any atom is 0.216 e. The van der Waals surface area contributed by atoms with Crippen LogP contribution in [-0.2, 0) is 5.41 Å². The van der Waals surface area contributed by atoms with Gasteiger partial charge in [-0.1, -0.05) is 20.8 Å². The molecule has 7 heteroatoms. The number of hydrogen-bond acceptors (Lipinski definition) is 4. The van der Waals surface area contributed by atoms with Crippen molar-refractivity contribution in [3.05, 3.63) is 38.8 Å². The van der Waals surface area contributed by atoms with E-state index in [-0.39, 0.29) is 5.41 Å². The van der Waals surface area contributed by atoms with Crippen LogP contribution in [0.4, 0.5) is 0 Å². The third-order valence-electron chi connectivity index (χ3n) is 2.82. The minimum Gasteiger partial charge on any atom is -0.496 e. The van der Waals surface area contributed by atoms with Crippen LogP contribution in [0.5, 0.6) is 5.75 Å². The molecule has 5 nitrogen and oxygen atoms in total. The van der Waals surface area contributed by atoms with Crippen molar-refractivity contribution in [2.75, 3.05) is 7.11 Å². The second-order valence-electron chi connectivity index (χ2n) is 5.55. The number of nitrogens with one attached hydrogen (secondary N) is 1. The zero-order valence-electron chi connectivity index (χ0n) is 12.3. The highest BCUT2D eigenvalue weighted by Crippen LogP contribution is 2.25. The van der Waals surface area contributed by atoms with E-state index in [0.717, 1.165) is 21.6 Å². The second-order valence-corrected chi connectivity index (χ2v) is 6.79. The van der Waals surface area contributed by atoms with Crippen LogP contribution in [0.15, 0.2) is 27.8 Å². The number of benzene rings is 1. The number of nitrogens with zero attached hydrogens (tertiary/aromatic N) is 3. The molecule has 0 atom stereocenters. The number of ether oxygens (including phenoxy) is 1. The summed E-state index contributed by atoms with van der Waals surface area (Å²) in [4.78, 5) is 0. The first-order valence-corrected chi connectivity index (χ1v) is 7.59. The summed E-state index contributed by atoms with van der Waals surface area (Å²) >= 11 is 8.68. The van der Waals surface area contributed by atoms with Gasteiger partial charge in [0.1, 0.15) is 5.75 Å². The van der Waals surface area contributed by atoms with E-state index in [1.54, 1.807) is 18.0 Å². The Labute approximate surface area is 137 Å². The first kappa shape index (κ1) is 15.9. The summed E-state index contributed by atoms with van der Waals surface area (Å²) < 4.78 is 8.20. The molecule has 1 heterocycles.